The summed E-state index contributed by atoms with van der Waals surface area (Å²) in [7, 11) is 0. The van der Waals surface area contributed by atoms with Crippen LogP contribution in [0.1, 0.15) is 12.0 Å². The highest BCUT2D eigenvalue weighted by molar-refractivity contribution is 9.10. The zero-order chi connectivity index (χ0) is 28.9. The van der Waals surface area contributed by atoms with Gasteiger partial charge in [0.25, 0.3) is 0 Å². The summed E-state index contributed by atoms with van der Waals surface area (Å²) in [5, 5.41) is 0. The van der Waals surface area contributed by atoms with Gasteiger partial charge in [0.1, 0.15) is 0 Å². The molecule has 3 fully saturated rings. The highest BCUT2D eigenvalue weighted by Crippen LogP contribution is 2.63. The molecule has 7 atom stereocenters. The van der Waals surface area contributed by atoms with Crippen LogP contribution in [0.15, 0.2) is 106 Å². The van der Waals surface area contributed by atoms with Gasteiger partial charge in [-0.3, -0.25) is 29.0 Å². The highest BCUT2D eigenvalue weighted by Gasteiger charge is 2.67. The summed E-state index contributed by atoms with van der Waals surface area (Å²) in [4.78, 5) is 59.1. The fourth-order valence-corrected chi connectivity index (χ4v) is 8.73. The summed E-state index contributed by atoms with van der Waals surface area (Å²) in [6.07, 6.45) is 4.54. The minimum absolute atomic E-state index is 0.197. The number of anilines is 2. The minimum Gasteiger partial charge on any atom is -0.274 e. The average molecular weight is 684 g/mol. The molecule has 2 aliphatic heterocycles. The number of hydrogen-bond acceptors (Lipinski definition) is 4. The largest absolute Gasteiger partial charge is 0.274 e. The molecule has 42 heavy (non-hydrogen) atoms. The summed E-state index contributed by atoms with van der Waals surface area (Å²) < 4.78 is 1.72. The molecule has 0 spiro atoms. The highest BCUT2D eigenvalue weighted by atomic mass is 79.9. The zero-order valence-corrected chi connectivity index (χ0v) is 25.4. The maximum atomic E-state index is 14.2. The minimum atomic E-state index is -0.591. The van der Waals surface area contributed by atoms with Crippen LogP contribution in [-0.4, -0.2) is 23.6 Å². The fourth-order valence-electron chi connectivity index (χ4n) is 8.21. The third-order valence-corrected chi connectivity index (χ3v) is 10.9. The Hall–Kier alpha value is -3.62. The van der Waals surface area contributed by atoms with E-state index in [2.05, 4.69) is 37.9 Å². The topological polar surface area (TPSA) is 74.8 Å². The van der Waals surface area contributed by atoms with Crippen LogP contribution in [0.3, 0.4) is 0 Å². The number of rotatable bonds is 3. The maximum absolute atomic E-state index is 14.2. The Balaban J connectivity index is 1.28. The Labute approximate surface area is 259 Å². The number of imide groups is 2. The molecule has 0 radical (unpaired) electrons. The van der Waals surface area contributed by atoms with E-state index in [1.54, 1.807) is 24.3 Å². The lowest BCUT2D eigenvalue weighted by atomic mass is 9.49. The number of benzene rings is 3. The lowest BCUT2D eigenvalue weighted by molar-refractivity contribution is -0.129. The molecule has 2 saturated heterocycles. The second-order valence-corrected chi connectivity index (χ2v) is 13.5. The van der Waals surface area contributed by atoms with Gasteiger partial charge in [0, 0.05) is 20.8 Å². The first-order valence-electron chi connectivity index (χ1n) is 14.1. The third-order valence-electron chi connectivity index (χ3n) is 9.80. The molecule has 0 aromatic heterocycles. The van der Waals surface area contributed by atoms with E-state index in [-0.39, 0.29) is 41.4 Å². The first kappa shape index (κ1) is 26.0. The SMILES string of the molecule is O=C1[C@H]2[C@@H]3C=C[C@H](C4=C(c5ccccc5)C[C@H]5C(=O)N(c6ccc(Br)cc6)C(=O)[C@H]5[C@@H]43)[C@H]2C(=O)N1c1ccc(Br)cc1. The van der Waals surface area contributed by atoms with Crippen molar-refractivity contribution in [2.45, 2.75) is 6.42 Å². The number of hydrogen-bond donors (Lipinski definition) is 0. The van der Waals surface area contributed by atoms with E-state index in [4.69, 9.17) is 0 Å². The van der Waals surface area contributed by atoms with Crippen LogP contribution >= 0.6 is 31.9 Å². The van der Waals surface area contributed by atoms with Crippen LogP contribution in [0.5, 0.6) is 0 Å². The fraction of sp³-hybridized carbons (Fsp3) is 0.235. The van der Waals surface area contributed by atoms with Gasteiger partial charge < -0.3 is 0 Å². The van der Waals surface area contributed by atoms with Gasteiger partial charge in [0.2, 0.25) is 23.6 Å². The van der Waals surface area contributed by atoms with Gasteiger partial charge in [-0.1, -0.05) is 79.9 Å². The number of amides is 4. The number of nitrogens with zero attached hydrogens (tertiary/aromatic N) is 2. The van der Waals surface area contributed by atoms with E-state index in [0.717, 1.165) is 25.7 Å². The second kappa shape index (κ2) is 9.44. The average Bonchev–Trinajstić information content (AvgIpc) is 3.43. The Morgan fingerprint density at radius 2 is 1.12 bits per heavy atom. The van der Waals surface area contributed by atoms with Crippen LogP contribution in [-0.2, 0) is 19.2 Å². The molecule has 4 amide bonds. The lowest BCUT2D eigenvalue weighted by Gasteiger charge is -2.51. The van der Waals surface area contributed by atoms with Crippen molar-refractivity contribution in [3.63, 3.8) is 0 Å². The molecule has 2 heterocycles. The van der Waals surface area contributed by atoms with Crippen molar-refractivity contribution in [2.24, 2.45) is 41.4 Å². The van der Waals surface area contributed by atoms with Crippen LogP contribution in [0.25, 0.3) is 5.57 Å². The quantitative estimate of drug-likeness (QED) is 0.236. The predicted molar refractivity (Wildman–Crippen MR) is 165 cm³/mol. The molecule has 208 valence electrons. The number of carbonyl (C=O) groups excluding carboxylic acids is 4. The smallest absolute Gasteiger partial charge is 0.238 e. The van der Waals surface area contributed by atoms with Crippen LogP contribution in [0.2, 0.25) is 0 Å². The van der Waals surface area contributed by atoms with Crippen LogP contribution < -0.4 is 9.80 Å². The number of fused-ring (bicyclic) bond motifs is 1. The Morgan fingerprint density at radius 3 is 1.74 bits per heavy atom. The molecule has 9 rings (SSSR count). The first-order chi connectivity index (χ1) is 20.3. The standard InChI is InChI=1S/C34H24Br2N2O4/c35-18-6-10-20(11-7-18)37-31(39)25-16-24(17-4-2-1-3-5-17)26-22-14-15-23(27(26)30(25)34(37)42)29-28(22)32(40)38(33(29)41)21-12-8-19(36)9-13-21/h1-15,22-23,25,27-30H,16H2/t22-,23-,25-,27-,28-,29+,30-/m1/s1. The predicted octanol–water partition coefficient (Wildman–Crippen LogP) is 6.41. The Morgan fingerprint density at radius 1 is 0.571 bits per heavy atom. The van der Waals surface area contributed by atoms with E-state index in [0.29, 0.717) is 17.8 Å². The van der Waals surface area contributed by atoms with E-state index < -0.39 is 23.7 Å². The van der Waals surface area contributed by atoms with E-state index in [1.807, 2.05) is 60.7 Å². The van der Waals surface area contributed by atoms with Gasteiger partial charge in [-0.25, -0.2) is 0 Å². The first-order valence-corrected chi connectivity index (χ1v) is 15.7. The monoisotopic (exact) mass is 682 g/mol. The number of allylic oxidation sites excluding steroid dienone is 4. The van der Waals surface area contributed by atoms with E-state index in [9.17, 15) is 19.2 Å². The Kier molecular flexibility index (Phi) is 5.86. The van der Waals surface area contributed by atoms with Gasteiger partial charge in [0.15, 0.2) is 0 Å². The zero-order valence-electron chi connectivity index (χ0n) is 22.2. The van der Waals surface area contributed by atoms with Gasteiger partial charge in [0.05, 0.1) is 35.0 Å². The van der Waals surface area contributed by atoms with Crippen molar-refractivity contribution >= 4 is 72.4 Å². The maximum Gasteiger partial charge on any atom is 0.238 e. The van der Waals surface area contributed by atoms with Crippen LogP contribution in [0.4, 0.5) is 11.4 Å². The van der Waals surface area contributed by atoms with E-state index >= 15 is 0 Å². The summed E-state index contributed by atoms with van der Waals surface area (Å²) in [5.74, 6) is -4.10. The summed E-state index contributed by atoms with van der Waals surface area (Å²) in [5.41, 5.74) is 4.17. The number of carbonyl (C=O) groups is 4. The summed E-state index contributed by atoms with van der Waals surface area (Å²) in [6.45, 7) is 0. The molecular weight excluding hydrogens is 660 g/mol. The van der Waals surface area contributed by atoms with Crippen molar-refractivity contribution < 1.29 is 19.2 Å². The molecule has 0 unspecified atom stereocenters. The van der Waals surface area contributed by atoms with Crippen molar-refractivity contribution in [1.82, 2.24) is 0 Å². The lowest BCUT2D eigenvalue weighted by Crippen LogP contribution is -2.51. The summed E-state index contributed by atoms with van der Waals surface area (Å²) in [6, 6.07) is 24.4. The molecule has 0 N–H and O–H groups in total. The van der Waals surface area contributed by atoms with Gasteiger partial charge in [-0.15, -0.1) is 0 Å². The van der Waals surface area contributed by atoms with Gasteiger partial charge in [-0.05, 0) is 72.0 Å². The molecular formula is C34H24Br2N2O4. The van der Waals surface area contributed by atoms with Crippen molar-refractivity contribution in [3.05, 3.63) is 111 Å². The van der Waals surface area contributed by atoms with Crippen LogP contribution in [0, 0.1) is 41.4 Å². The molecule has 4 aliphatic carbocycles. The third kappa shape index (κ3) is 3.54. The Bertz CT molecular complexity index is 1750. The molecule has 3 aromatic rings. The van der Waals surface area contributed by atoms with Crippen molar-refractivity contribution in [1.29, 1.82) is 0 Å². The van der Waals surface area contributed by atoms with Crippen molar-refractivity contribution in [3.8, 4) is 0 Å². The number of halogens is 2. The van der Waals surface area contributed by atoms with Crippen molar-refractivity contribution in [2.75, 3.05) is 9.80 Å². The second-order valence-electron chi connectivity index (χ2n) is 11.7. The molecule has 8 heteroatoms. The molecule has 6 aliphatic rings. The van der Waals surface area contributed by atoms with Gasteiger partial charge in [-0.2, -0.15) is 0 Å². The summed E-state index contributed by atoms with van der Waals surface area (Å²) >= 11 is 6.88. The molecule has 1 saturated carbocycles. The molecule has 3 aromatic carbocycles. The van der Waals surface area contributed by atoms with E-state index in [1.165, 1.54) is 9.80 Å². The normalized spacial score (nSPS) is 31.1. The molecule has 6 nitrogen and oxygen atoms in total. The molecule has 2 bridgehead atoms. The van der Waals surface area contributed by atoms with Gasteiger partial charge >= 0.3 is 0 Å².